The molecule has 144 valence electrons. The van der Waals surface area contributed by atoms with Crippen LogP contribution >= 0.6 is 0 Å². The van der Waals surface area contributed by atoms with Crippen LogP contribution in [0.4, 0.5) is 0 Å². The first-order valence-corrected chi connectivity index (χ1v) is 9.99. The number of carbonyl (C=O) groups excluding carboxylic acids is 1. The van der Waals surface area contributed by atoms with Gasteiger partial charge >= 0.3 is 5.97 Å². The van der Waals surface area contributed by atoms with Gasteiger partial charge in [0.15, 0.2) is 0 Å². The second-order valence-corrected chi connectivity index (χ2v) is 7.75. The van der Waals surface area contributed by atoms with Crippen LogP contribution in [-0.4, -0.2) is 30.9 Å². The lowest BCUT2D eigenvalue weighted by Crippen LogP contribution is -2.23. The molecule has 0 spiro atoms. The van der Waals surface area contributed by atoms with Gasteiger partial charge in [0.25, 0.3) is 0 Å². The number of hydrogen-bond acceptors (Lipinski definition) is 6. The minimum atomic E-state index is -3.64. The van der Waals surface area contributed by atoms with Gasteiger partial charge in [0.05, 0.1) is 32.9 Å². The summed E-state index contributed by atoms with van der Waals surface area (Å²) in [4.78, 5) is 21.3. The van der Waals surface area contributed by atoms with Crippen LogP contribution in [0.2, 0.25) is 0 Å². The molecular formula is C20H19N3O4S. The highest BCUT2D eigenvalue weighted by Gasteiger charge is 2.15. The van der Waals surface area contributed by atoms with Crippen LogP contribution in [0.5, 0.6) is 0 Å². The predicted molar refractivity (Wildman–Crippen MR) is 105 cm³/mol. The fourth-order valence-corrected chi connectivity index (χ4v) is 3.50. The molecule has 0 amide bonds. The van der Waals surface area contributed by atoms with Crippen LogP contribution in [-0.2, 0) is 21.4 Å². The number of hydrogen-bond donors (Lipinski definition) is 1. The van der Waals surface area contributed by atoms with Crippen molar-refractivity contribution in [1.29, 1.82) is 0 Å². The molecule has 0 saturated heterocycles. The summed E-state index contributed by atoms with van der Waals surface area (Å²) in [5.74, 6) is -0.572. The van der Waals surface area contributed by atoms with Crippen molar-refractivity contribution in [3.05, 3.63) is 78.1 Å². The van der Waals surface area contributed by atoms with E-state index in [1.165, 1.54) is 30.3 Å². The molecule has 0 aliphatic carbocycles. The molecule has 0 aliphatic heterocycles. The third kappa shape index (κ3) is 4.41. The van der Waals surface area contributed by atoms with Crippen LogP contribution in [0.3, 0.4) is 0 Å². The number of benzene rings is 2. The highest BCUT2D eigenvalue weighted by atomic mass is 32.2. The standard InChI is InChI=1S/C20H19N3O4S/c1-3-12-21-28(25,26)16-10-8-15(9-11-16)20(24)27-13-19-14(2)22-17-6-4-5-7-18(17)23-19/h3-11,21H,1,12-13H2,2H3. The zero-order valence-corrected chi connectivity index (χ0v) is 16.1. The Kier molecular flexibility index (Phi) is 5.81. The summed E-state index contributed by atoms with van der Waals surface area (Å²) in [7, 11) is -3.64. The number of fused-ring (bicyclic) bond motifs is 1. The molecule has 8 heteroatoms. The highest BCUT2D eigenvalue weighted by molar-refractivity contribution is 7.89. The summed E-state index contributed by atoms with van der Waals surface area (Å²) >= 11 is 0. The lowest BCUT2D eigenvalue weighted by molar-refractivity contribution is 0.0467. The van der Waals surface area contributed by atoms with Crippen molar-refractivity contribution in [3.8, 4) is 0 Å². The fourth-order valence-electron chi connectivity index (χ4n) is 2.50. The van der Waals surface area contributed by atoms with Crippen LogP contribution in [0, 0.1) is 6.92 Å². The largest absolute Gasteiger partial charge is 0.456 e. The lowest BCUT2D eigenvalue weighted by atomic mass is 10.2. The molecule has 0 bridgehead atoms. The molecule has 1 N–H and O–H groups in total. The molecule has 0 fully saturated rings. The normalized spacial score (nSPS) is 11.3. The van der Waals surface area contributed by atoms with Gasteiger partial charge < -0.3 is 4.74 Å². The van der Waals surface area contributed by atoms with Crippen molar-refractivity contribution >= 4 is 27.0 Å². The maximum Gasteiger partial charge on any atom is 0.338 e. The molecule has 1 heterocycles. The predicted octanol–water partition coefficient (Wildman–Crippen LogP) is 2.76. The van der Waals surface area contributed by atoms with Crippen molar-refractivity contribution in [1.82, 2.24) is 14.7 Å². The Morgan fingerprint density at radius 1 is 1.11 bits per heavy atom. The number of ether oxygens (including phenoxy) is 1. The number of nitrogens with zero attached hydrogens (tertiary/aromatic N) is 2. The molecule has 3 aromatic rings. The molecule has 0 saturated carbocycles. The molecule has 0 radical (unpaired) electrons. The zero-order valence-electron chi connectivity index (χ0n) is 15.3. The first-order chi connectivity index (χ1) is 13.4. The van der Waals surface area contributed by atoms with Crippen molar-refractivity contribution < 1.29 is 17.9 Å². The van der Waals surface area contributed by atoms with E-state index < -0.39 is 16.0 Å². The van der Waals surface area contributed by atoms with E-state index in [0.29, 0.717) is 11.4 Å². The van der Waals surface area contributed by atoms with E-state index in [-0.39, 0.29) is 23.6 Å². The topological polar surface area (TPSA) is 98.2 Å². The van der Waals surface area contributed by atoms with Gasteiger partial charge in [-0.05, 0) is 43.3 Å². The van der Waals surface area contributed by atoms with Gasteiger partial charge in [-0.15, -0.1) is 6.58 Å². The Hall–Kier alpha value is -3.10. The summed E-state index contributed by atoms with van der Waals surface area (Å²) in [6.45, 7) is 5.37. The number of aromatic nitrogens is 2. The molecule has 28 heavy (non-hydrogen) atoms. The van der Waals surface area contributed by atoms with Crippen molar-refractivity contribution in [2.24, 2.45) is 0 Å². The molecule has 0 atom stereocenters. The van der Waals surface area contributed by atoms with E-state index in [2.05, 4.69) is 21.3 Å². The number of esters is 1. The van der Waals surface area contributed by atoms with Crippen LogP contribution < -0.4 is 4.72 Å². The highest BCUT2D eigenvalue weighted by Crippen LogP contribution is 2.15. The number of carbonyl (C=O) groups is 1. The summed E-state index contributed by atoms with van der Waals surface area (Å²) in [6, 6.07) is 13.0. The average Bonchev–Trinajstić information content (AvgIpc) is 2.70. The second-order valence-electron chi connectivity index (χ2n) is 5.99. The van der Waals surface area contributed by atoms with E-state index in [4.69, 9.17) is 4.74 Å². The smallest absolute Gasteiger partial charge is 0.338 e. The summed E-state index contributed by atoms with van der Waals surface area (Å²) in [5.41, 5.74) is 2.99. The van der Waals surface area contributed by atoms with Gasteiger partial charge in [0.1, 0.15) is 6.61 Å². The Bertz CT molecular complexity index is 1130. The molecule has 3 rings (SSSR count). The zero-order chi connectivity index (χ0) is 20.1. The van der Waals surface area contributed by atoms with Crippen LogP contribution in [0.15, 0.2) is 66.1 Å². The average molecular weight is 397 g/mol. The number of sulfonamides is 1. The first kappa shape index (κ1) is 19.7. The van der Waals surface area contributed by atoms with Crippen LogP contribution in [0.25, 0.3) is 11.0 Å². The summed E-state index contributed by atoms with van der Waals surface area (Å²) < 4.78 is 31.8. The van der Waals surface area contributed by atoms with Gasteiger partial charge in [-0.25, -0.2) is 27.9 Å². The van der Waals surface area contributed by atoms with E-state index in [9.17, 15) is 13.2 Å². The molecular weight excluding hydrogens is 378 g/mol. The van der Waals surface area contributed by atoms with Gasteiger partial charge in [-0.3, -0.25) is 0 Å². The number of nitrogens with one attached hydrogen (secondary N) is 1. The molecule has 0 aliphatic rings. The van der Waals surface area contributed by atoms with Gasteiger partial charge in [-0.2, -0.15) is 0 Å². The summed E-state index contributed by atoms with van der Waals surface area (Å²) in [6.07, 6.45) is 1.45. The van der Waals surface area contributed by atoms with Crippen molar-refractivity contribution in [2.45, 2.75) is 18.4 Å². The Morgan fingerprint density at radius 3 is 2.39 bits per heavy atom. The van der Waals surface area contributed by atoms with E-state index in [1.54, 1.807) is 6.92 Å². The maximum absolute atomic E-state index is 12.3. The fraction of sp³-hybridized carbons (Fsp3) is 0.150. The van der Waals surface area contributed by atoms with Gasteiger partial charge in [0.2, 0.25) is 10.0 Å². The third-order valence-electron chi connectivity index (χ3n) is 4.00. The Balaban J connectivity index is 1.70. The minimum absolute atomic E-state index is 0.0244. The van der Waals surface area contributed by atoms with E-state index >= 15 is 0 Å². The molecule has 1 aromatic heterocycles. The van der Waals surface area contributed by atoms with E-state index in [0.717, 1.165) is 11.0 Å². The molecule has 0 unspecified atom stereocenters. The van der Waals surface area contributed by atoms with Crippen molar-refractivity contribution in [3.63, 3.8) is 0 Å². The van der Waals surface area contributed by atoms with Gasteiger partial charge in [-0.1, -0.05) is 18.2 Å². The maximum atomic E-state index is 12.3. The SMILES string of the molecule is C=CCNS(=O)(=O)c1ccc(C(=O)OCc2nc3ccccc3nc2C)cc1. The monoisotopic (exact) mass is 397 g/mol. The second kappa shape index (κ2) is 8.28. The van der Waals surface area contributed by atoms with Crippen molar-refractivity contribution in [2.75, 3.05) is 6.54 Å². The van der Waals surface area contributed by atoms with Gasteiger partial charge in [0, 0.05) is 6.54 Å². The first-order valence-electron chi connectivity index (χ1n) is 8.51. The lowest BCUT2D eigenvalue weighted by Gasteiger charge is -2.09. The molecule has 2 aromatic carbocycles. The van der Waals surface area contributed by atoms with Crippen LogP contribution in [0.1, 0.15) is 21.7 Å². The number of aryl methyl sites for hydroxylation is 1. The summed E-state index contributed by atoms with van der Waals surface area (Å²) in [5, 5.41) is 0. The Labute approximate surface area is 163 Å². The number of para-hydroxylation sites is 2. The molecule has 7 nitrogen and oxygen atoms in total. The Morgan fingerprint density at radius 2 is 1.75 bits per heavy atom. The number of rotatable bonds is 7. The third-order valence-corrected chi connectivity index (χ3v) is 5.44. The van der Waals surface area contributed by atoms with E-state index in [1.807, 2.05) is 24.3 Å². The quantitative estimate of drug-likeness (QED) is 0.486. The minimum Gasteiger partial charge on any atom is -0.456 e.